The number of nitrogens with two attached hydrogens (primary N) is 1. The Kier molecular flexibility index (Phi) is 5.30. The summed E-state index contributed by atoms with van der Waals surface area (Å²) >= 11 is 0. The molecule has 0 aliphatic carbocycles. The van der Waals surface area contributed by atoms with Gasteiger partial charge in [-0.25, -0.2) is 4.39 Å². The fourth-order valence-electron chi connectivity index (χ4n) is 2.90. The first-order chi connectivity index (χ1) is 13.0. The largest absolute Gasteiger partial charge is 0.370 e. The van der Waals surface area contributed by atoms with E-state index in [4.69, 9.17) is 5.73 Å². The van der Waals surface area contributed by atoms with Gasteiger partial charge in [0.05, 0.1) is 29.9 Å². The molecule has 1 unspecified atom stereocenters. The van der Waals surface area contributed by atoms with Crippen LogP contribution in [0.15, 0.2) is 54.7 Å². The first-order valence-electron chi connectivity index (χ1n) is 8.39. The van der Waals surface area contributed by atoms with Crippen LogP contribution in [0.4, 0.5) is 4.39 Å². The average Bonchev–Trinajstić information content (AvgIpc) is 3.11. The third-order valence-corrected chi connectivity index (χ3v) is 4.18. The lowest BCUT2D eigenvalue weighted by atomic mass is 10.0. The van der Waals surface area contributed by atoms with Crippen molar-refractivity contribution in [3.8, 4) is 11.3 Å². The Bertz CT molecular complexity index is 983. The summed E-state index contributed by atoms with van der Waals surface area (Å²) in [5.41, 5.74) is 7.79. The summed E-state index contributed by atoms with van der Waals surface area (Å²) in [5.74, 6) is -1.48. The number of H-pyrrole nitrogens is 1. The van der Waals surface area contributed by atoms with Gasteiger partial charge in [-0.15, -0.1) is 0 Å². The Morgan fingerprint density at radius 1 is 1.22 bits per heavy atom. The van der Waals surface area contributed by atoms with E-state index in [0.29, 0.717) is 0 Å². The molecule has 1 aromatic heterocycles. The number of nitrogens with zero attached hydrogens (tertiary/aromatic N) is 1. The van der Waals surface area contributed by atoms with Gasteiger partial charge >= 0.3 is 0 Å². The molecule has 2 amide bonds. The number of halogens is 1. The van der Waals surface area contributed by atoms with Crippen LogP contribution in [-0.4, -0.2) is 22.0 Å². The first kappa shape index (κ1) is 18.3. The molecule has 1 atom stereocenters. The molecule has 0 aliphatic rings. The molecule has 7 heteroatoms. The van der Waals surface area contributed by atoms with Crippen molar-refractivity contribution in [2.75, 3.05) is 0 Å². The monoisotopic (exact) mass is 366 g/mol. The van der Waals surface area contributed by atoms with Crippen LogP contribution in [0.25, 0.3) is 11.3 Å². The van der Waals surface area contributed by atoms with Gasteiger partial charge in [-0.1, -0.05) is 42.0 Å². The van der Waals surface area contributed by atoms with Gasteiger partial charge in [-0.05, 0) is 24.6 Å². The SMILES string of the molecule is Cc1cccc(C(CC(N)=O)NC(=O)c2cn[nH]c2-c2ccccc2F)c1. The first-order valence-corrected chi connectivity index (χ1v) is 8.39. The quantitative estimate of drug-likeness (QED) is 0.625. The number of benzene rings is 2. The Morgan fingerprint density at radius 3 is 2.70 bits per heavy atom. The maximum Gasteiger partial charge on any atom is 0.255 e. The Balaban J connectivity index is 1.90. The van der Waals surface area contributed by atoms with E-state index in [0.717, 1.165) is 11.1 Å². The summed E-state index contributed by atoms with van der Waals surface area (Å²) in [5, 5.41) is 9.34. The van der Waals surface area contributed by atoms with E-state index in [1.807, 2.05) is 31.2 Å². The standard InChI is InChI=1S/C20H19FN4O2/c1-12-5-4-6-13(9-12)17(10-18(22)26)24-20(27)15-11-23-25-19(15)14-7-2-3-8-16(14)21/h2-9,11,17H,10H2,1H3,(H2,22,26)(H,23,25)(H,24,27). The predicted molar refractivity (Wildman–Crippen MR) is 99.2 cm³/mol. The summed E-state index contributed by atoms with van der Waals surface area (Å²) in [6, 6.07) is 12.9. The summed E-state index contributed by atoms with van der Waals surface area (Å²) in [6.45, 7) is 1.92. The fraction of sp³-hybridized carbons (Fsp3) is 0.150. The third kappa shape index (κ3) is 4.20. The van der Waals surface area contributed by atoms with Crippen molar-refractivity contribution >= 4 is 11.8 Å². The summed E-state index contributed by atoms with van der Waals surface area (Å²) in [7, 11) is 0. The van der Waals surface area contributed by atoms with Gasteiger partial charge < -0.3 is 11.1 Å². The second kappa shape index (κ2) is 7.82. The number of hydrogen-bond acceptors (Lipinski definition) is 3. The molecule has 0 saturated carbocycles. The van der Waals surface area contributed by atoms with Crippen LogP contribution in [0.1, 0.15) is 33.9 Å². The second-order valence-electron chi connectivity index (χ2n) is 6.25. The number of primary amides is 1. The summed E-state index contributed by atoms with van der Waals surface area (Å²) < 4.78 is 14.1. The highest BCUT2D eigenvalue weighted by atomic mass is 19.1. The molecule has 27 heavy (non-hydrogen) atoms. The van der Waals surface area contributed by atoms with Gasteiger partial charge in [-0.3, -0.25) is 14.7 Å². The molecule has 0 aliphatic heterocycles. The topological polar surface area (TPSA) is 101 Å². The molecule has 1 heterocycles. The lowest BCUT2D eigenvalue weighted by Gasteiger charge is -2.18. The number of hydrogen-bond donors (Lipinski definition) is 3. The van der Waals surface area contributed by atoms with Crippen molar-refractivity contribution in [3.63, 3.8) is 0 Å². The number of aryl methyl sites for hydroxylation is 1. The third-order valence-electron chi connectivity index (χ3n) is 4.18. The Labute approximate surface area is 155 Å². The molecule has 4 N–H and O–H groups in total. The molecule has 0 fully saturated rings. The molecule has 2 aromatic carbocycles. The van der Waals surface area contributed by atoms with Crippen molar-refractivity contribution in [1.82, 2.24) is 15.5 Å². The van der Waals surface area contributed by atoms with Crippen molar-refractivity contribution in [2.24, 2.45) is 5.73 Å². The molecule has 0 radical (unpaired) electrons. The zero-order chi connectivity index (χ0) is 19.4. The molecule has 0 bridgehead atoms. The minimum absolute atomic E-state index is 0.0535. The van der Waals surface area contributed by atoms with Gasteiger partial charge in [0.2, 0.25) is 5.91 Å². The normalized spacial score (nSPS) is 11.8. The molecule has 0 spiro atoms. The lowest BCUT2D eigenvalue weighted by Crippen LogP contribution is -2.32. The molecule has 3 rings (SSSR count). The highest BCUT2D eigenvalue weighted by molar-refractivity contribution is 6.00. The second-order valence-corrected chi connectivity index (χ2v) is 6.25. The van der Waals surface area contributed by atoms with Gasteiger partial charge in [0.1, 0.15) is 5.82 Å². The van der Waals surface area contributed by atoms with Crippen LogP contribution in [0.5, 0.6) is 0 Å². The minimum atomic E-state index is -0.599. The van der Waals surface area contributed by atoms with Crippen LogP contribution >= 0.6 is 0 Å². The van der Waals surface area contributed by atoms with Crippen LogP contribution < -0.4 is 11.1 Å². The molecule has 6 nitrogen and oxygen atoms in total. The number of nitrogens with one attached hydrogen (secondary N) is 2. The van der Waals surface area contributed by atoms with Crippen LogP contribution in [0.2, 0.25) is 0 Å². The van der Waals surface area contributed by atoms with Crippen molar-refractivity contribution in [1.29, 1.82) is 0 Å². The smallest absolute Gasteiger partial charge is 0.255 e. The van der Waals surface area contributed by atoms with Crippen LogP contribution in [-0.2, 0) is 4.79 Å². The Hall–Kier alpha value is -3.48. The number of aromatic nitrogens is 2. The molecular formula is C20H19FN4O2. The fourth-order valence-corrected chi connectivity index (χ4v) is 2.90. The van der Waals surface area contributed by atoms with Crippen molar-refractivity contribution < 1.29 is 14.0 Å². The van der Waals surface area contributed by atoms with E-state index in [9.17, 15) is 14.0 Å². The van der Waals surface area contributed by atoms with Gasteiger partial charge in [0, 0.05) is 5.56 Å². The summed E-state index contributed by atoms with van der Waals surface area (Å²) in [4.78, 5) is 24.3. The highest BCUT2D eigenvalue weighted by Gasteiger charge is 2.22. The average molecular weight is 366 g/mol. The zero-order valence-electron chi connectivity index (χ0n) is 14.7. The van der Waals surface area contributed by atoms with Gasteiger partial charge in [0.25, 0.3) is 5.91 Å². The van der Waals surface area contributed by atoms with Crippen LogP contribution in [0, 0.1) is 12.7 Å². The minimum Gasteiger partial charge on any atom is -0.370 e. The molecular weight excluding hydrogens is 347 g/mol. The predicted octanol–water partition coefficient (Wildman–Crippen LogP) is 2.87. The van der Waals surface area contributed by atoms with Crippen molar-refractivity contribution in [3.05, 3.63) is 77.2 Å². The molecule has 3 aromatic rings. The number of carbonyl (C=O) groups excluding carboxylic acids is 2. The number of aromatic amines is 1. The van der Waals surface area contributed by atoms with E-state index >= 15 is 0 Å². The van der Waals surface area contributed by atoms with E-state index in [-0.39, 0.29) is 23.2 Å². The zero-order valence-corrected chi connectivity index (χ0v) is 14.7. The summed E-state index contributed by atoms with van der Waals surface area (Å²) in [6.07, 6.45) is 1.27. The van der Waals surface area contributed by atoms with Gasteiger partial charge in [0.15, 0.2) is 0 Å². The highest BCUT2D eigenvalue weighted by Crippen LogP contribution is 2.25. The maximum absolute atomic E-state index is 14.1. The van der Waals surface area contributed by atoms with Crippen LogP contribution in [0.3, 0.4) is 0 Å². The number of amides is 2. The van der Waals surface area contributed by atoms with E-state index in [1.54, 1.807) is 18.2 Å². The Morgan fingerprint density at radius 2 is 2.00 bits per heavy atom. The number of carbonyl (C=O) groups is 2. The number of rotatable bonds is 6. The lowest BCUT2D eigenvalue weighted by molar-refractivity contribution is -0.118. The molecule has 0 saturated heterocycles. The van der Waals surface area contributed by atoms with E-state index < -0.39 is 23.7 Å². The maximum atomic E-state index is 14.1. The van der Waals surface area contributed by atoms with Gasteiger partial charge in [-0.2, -0.15) is 5.10 Å². The molecule has 138 valence electrons. The van der Waals surface area contributed by atoms with E-state index in [2.05, 4.69) is 15.5 Å². The van der Waals surface area contributed by atoms with E-state index in [1.165, 1.54) is 12.3 Å². The van der Waals surface area contributed by atoms with Crippen molar-refractivity contribution in [2.45, 2.75) is 19.4 Å².